The van der Waals surface area contributed by atoms with Crippen molar-refractivity contribution in [2.45, 2.75) is 0 Å². The van der Waals surface area contributed by atoms with Crippen LogP contribution < -0.4 is 5.43 Å². The monoisotopic (exact) mass is 256 g/mol. The lowest BCUT2D eigenvalue weighted by Crippen LogP contribution is -2.09. The van der Waals surface area contributed by atoms with Gasteiger partial charge in [0.25, 0.3) is 0 Å². The van der Waals surface area contributed by atoms with Crippen LogP contribution in [-0.4, -0.2) is 16.2 Å². The summed E-state index contributed by atoms with van der Waals surface area (Å²) in [5.74, 6) is -1.83. The van der Waals surface area contributed by atoms with E-state index in [1.165, 1.54) is 12.1 Å². The maximum Gasteiger partial charge on any atom is 0.340 e. The minimum absolute atomic E-state index is 0.119. The van der Waals surface area contributed by atoms with E-state index in [4.69, 9.17) is 9.52 Å². The quantitative estimate of drug-likeness (QED) is 0.652. The molecule has 5 nitrogen and oxygen atoms in total. The zero-order valence-corrected chi connectivity index (χ0v) is 9.58. The van der Waals surface area contributed by atoms with Crippen LogP contribution >= 0.6 is 0 Å². The molecule has 0 saturated heterocycles. The van der Waals surface area contributed by atoms with Gasteiger partial charge in [-0.1, -0.05) is 12.1 Å². The minimum atomic E-state index is -1.37. The van der Waals surface area contributed by atoms with Gasteiger partial charge in [-0.2, -0.15) is 0 Å². The molecule has 0 fully saturated rings. The number of hydrogen-bond donors (Lipinski definition) is 2. The van der Waals surface area contributed by atoms with E-state index >= 15 is 0 Å². The number of benzene rings is 2. The summed E-state index contributed by atoms with van der Waals surface area (Å²) < 4.78 is 5.50. The number of aromatic hydroxyl groups is 1. The van der Waals surface area contributed by atoms with Crippen LogP contribution in [-0.2, 0) is 0 Å². The van der Waals surface area contributed by atoms with Gasteiger partial charge >= 0.3 is 5.97 Å². The van der Waals surface area contributed by atoms with Crippen molar-refractivity contribution in [3.05, 3.63) is 52.2 Å². The largest absolute Gasteiger partial charge is 0.507 e. The third-order valence-corrected chi connectivity index (χ3v) is 2.94. The molecule has 0 aliphatic carbocycles. The van der Waals surface area contributed by atoms with Gasteiger partial charge in [-0.05, 0) is 24.3 Å². The molecule has 5 heteroatoms. The van der Waals surface area contributed by atoms with Gasteiger partial charge in [-0.25, -0.2) is 4.79 Å². The van der Waals surface area contributed by atoms with Crippen molar-refractivity contribution < 1.29 is 19.4 Å². The molecule has 1 heterocycles. The molecule has 0 bridgehead atoms. The molecule has 0 aliphatic heterocycles. The average molecular weight is 256 g/mol. The second-order valence-electron chi connectivity index (χ2n) is 4.07. The Morgan fingerprint density at radius 1 is 1.05 bits per heavy atom. The minimum Gasteiger partial charge on any atom is -0.507 e. The summed E-state index contributed by atoms with van der Waals surface area (Å²) in [6.45, 7) is 0. The molecule has 2 aromatic carbocycles. The van der Waals surface area contributed by atoms with Crippen LogP contribution in [0.5, 0.6) is 5.75 Å². The van der Waals surface area contributed by atoms with E-state index in [1.54, 1.807) is 24.3 Å². The maximum atomic E-state index is 12.3. The van der Waals surface area contributed by atoms with E-state index in [9.17, 15) is 14.7 Å². The van der Waals surface area contributed by atoms with E-state index in [2.05, 4.69) is 0 Å². The molecule has 0 radical (unpaired) electrons. The third-order valence-electron chi connectivity index (χ3n) is 2.94. The molecule has 0 spiro atoms. The summed E-state index contributed by atoms with van der Waals surface area (Å²) in [5, 5.41) is 18.9. The number of aromatic carboxylic acids is 1. The molecule has 2 N–H and O–H groups in total. The Balaban J connectivity index is 2.64. The van der Waals surface area contributed by atoms with Crippen LogP contribution in [0, 0.1) is 0 Å². The molecule has 3 rings (SSSR count). The van der Waals surface area contributed by atoms with Crippen molar-refractivity contribution in [2.75, 3.05) is 0 Å². The number of para-hydroxylation sites is 1. The van der Waals surface area contributed by atoms with E-state index in [0.717, 1.165) is 0 Å². The number of hydrogen-bond acceptors (Lipinski definition) is 4. The number of carboxylic acid groups (broad SMARTS) is 1. The Kier molecular flexibility index (Phi) is 2.28. The van der Waals surface area contributed by atoms with E-state index in [1.807, 2.05) is 0 Å². The Morgan fingerprint density at radius 2 is 1.79 bits per heavy atom. The summed E-state index contributed by atoms with van der Waals surface area (Å²) in [4.78, 5) is 23.5. The van der Waals surface area contributed by atoms with Gasteiger partial charge < -0.3 is 14.6 Å². The molecule has 94 valence electrons. The smallest absolute Gasteiger partial charge is 0.340 e. The summed E-state index contributed by atoms with van der Waals surface area (Å²) in [6.07, 6.45) is 0. The number of carboxylic acids is 1. The van der Waals surface area contributed by atoms with E-state index < -0.39 is 22.7 Å². The first-order valence-electron chi connectivity index (χ1n) is 5.50. The molecule has 19 heavy (non-hydrogen) atoms. The van der Waals surface area contributed by atoms with Gasteiger partial charge in [0.2, 0.25) is 5.43 Å². The first-order valence-corrected chi connectivity index (χ1v) is 5.50. The maximum absolute atomic E-state index is 12.3. The third kappa shape index (κ3) is 1.55. The summed E-state index contributed by atoms with van der Waals surface area (Å²) >= 11 is 0. The summed E-state index contributed by atoms with van der Waals surface area (Å²) in [7, 11) is 0. The second kappa shape index (κ2) is 3.84. The van der Waals surface area contributed by atoms with Crippen molar-refractivity contribution in [1.82, 2.24) is 0 Å². The number of phenols is 1. The fraction of sp³-hybridized carbons (Fsp3) is 0. The zero-order chi connectivity index (χ0) is 13.6. The van der Waals surface area contributed by atoms with Crippen LogP contribution in [0.3, 0.4) is 0 Å². The van der Waals surface area contributed by atoms with Gasteiger partial charge in [0.1, 0.15) is 22.5 Å². The molecule has 3 aromatic rings. The van der Waals surface area contributed by atoms with Gasteiger partial charge in [-0.3, -0.25) is 4.79 Å². The summed E-state index contributed by atoms with van der Waals surface area (Å²) in [5.41, 5.74) is -0.386. The highest BCUT2D eigenvalue weighted by atomic mass is 16.4. The van der Waals surface area contributed by atoms with E-state index in [-0.39, 0.29) is 16.4 Å². The summed E-state index contributed by atoms with van der Waals surface area (Å²) in [6, 6.07) is 9.14. The van der Waals surface area contributed by atoms with Crippen molar-refractivity contribution in [3.8, 4) is 5.75 Å². The molecule has 0 amide bonds. The van der Waals surface area contributed by atoms with Crippen LogP contribution in [0.15, 0.2) is 45.6 Å². The predicted molar refractivity (Wildman–Crippen MR) is 68.6 cm³/mol. The second-order valence-corrected chi connectivity index (χ2v) is 4.07. The highest BCUT2D eigenvalue weighted by Gasteiger charge is 2.19. The standard InChI is InChI=1S/C14H8O5/c15-8-5-6-10-12(11(8)14(17)18)13(16)7-3-1-2-4-9(7)19-10/h1-6,15H,(H,17,18). The lowest BCUT2D eigenvalue weighted by atomic mass is 10.1. The number of carbonyl (C=O) groups is 1. The molecule has 0 aliphatic rings. The van der Waals surface area contributed by atoms with Crippen molar-refractivity contribution in [3.63, 3.8) is 0 Å². The van der Waals surface area contributed by atoms with Crippen LogP contribution in [0.25, 0.3) is 21.9 Å². The molecular formula is C14H8O5. The number of rotatable bonds is 1. The van der Waals surface area contributed by atoms with Crippen molar-refractivity contribution in [2.24, 2.45) is 0 Å². The fourth-order valence-corrected chi connectivity index (χ4v) is 2.10. The van der Waals surface area contributed by atoms with Crippen LogP contribution in [0.1, 0.15) is 10.4 Å². The van der Waals surface area contributed by atoms with Crippen LogP contribution in [0.4, 0.5) is 0 Å². The van der Waals surface area contributed by atoms with Gasteiger partial charge in [0.05, 0.1) is 10.8 Å². The Hall–Kier alpha value is -2.82. The van der Waals surface area contributed by atoms with Gasteiger partial charge in [0.15, 0.2) is 0 Å². The van der Waals surface area contributed by atoms with Crippen molar-refractivity contribution >= 4 is 27.9 Å². The fourth-order valence-electron chi connectivity index (χ4n) is 2.10. The van der Waals surface area contributed by atoms with Crippen molar-refractivity contribution in [1.29, 1.82) is 0 Å². The van der Waals surface area contributed by atoms with E-state index in [0.29, 0.717) is 5.58 Å². The Bertz CT molecular complexity index is 876. The molecule has 0 unspecified atom stereocenters. The lowest BCUT2D eigenvalue weighted by molar-refractivity contribution is 0.0696. The zero-order valence-electron chi connectivity index (χ0n) is 9.58. The molecule has 0 atom stereocenters. The normalized spacial score (nSPS) is 10.9. The average Bonchev–Trinajstić information content (AvgIpc) is 2.39. The molecular weight excluding hydrogens is 248 g/mol. The highest BCUT2D eigenvalue weighted by molar-refractivity contribution is 6.06. The predicted octanol–water partition coefficient (Wildman–Crippen LogP) is 2.35. The topological polar surface area (TPSA) is 87.7 Å². The van der Waals surface area contributed by atoms with Gasteiger partial charge in [-0.15, -0.1) is 0 Å². The first kappa shape index (κ1) is 11.3. The SMILES string of the molecule is O=C(O)c1c(O)ccc2oc3ccccc3c(=O)c12. The Morgan fingerprint density at radius 3 is 2.53 bits per heavy atom. The lowest BCUT2D eigenvalue weighted by Gasteiger charge is -2.05. The molecule has 1 aromatic heterocycles. The van der Waals surface area contributed by atoms with Gasteiger partial charge in [0, 0.05) is 0 Å². The Labute approximate surface area is 106 Å². The van der Waals surface area contributed by atoms with Crippen LogP contribution in [0.2, 0.25) is 0 Å². The molecule has 0 saturated carbocycles. The first-order chi connectivity index (χ1) is 9.09. The number of fused-ring (bicyclic) bond motifs is 2. The highest BCUT2D eigenvalue weighted by Crippen LogP contribution is 2.27.